The Morgan fingerprint density at radius 3 is 0.909 bits per heavy atom. The van der Waals surface area contributed by atoms with Gasteiger partial charge in [0.05, 0.1) is 6.61 Å². The molecule has 1 N–H and O–H groups in total. The molecule has 1 atom stereocenters. The highest BCUT2D eigenvalue weighted by Crippen LogP contribution is 2.15. The quantitative estimate of drug-likeness (QED) is 0.0374. The van der Waals surface area contributed by atoms with Crippen LogP contribution in [0.4, 0.5) is 0 Å². The number of aliphatic hydroxyl groups is 1. The van der Waals surface area contributed by atoms with Gasteiger partial charge < -0.3 is 14.6 Å². The molecule has 0 aromatic heterocycles. The van der Waals surface area contributed by atoms with E-state index in [-0.39, 0.29) is 25.2 Å². The van der Waals surface area contributed by atoms with Crippen LogP contribution in [-0.4, -0.2) is 36.4 Å². The van der Waals surface area contributed by atoms with Crippen LogP contribution < -0.4 is 0 Å². The number of hydrogen-bond acceptors (Lipinski definition) is 5. The van der Waals surface area contributed by atoms with Gasteiger partial charge in [0, 0.05) is 12.8 Å². The Kier molecular flexibility index (Phi) is 53.0. The molecular formula is C61H102O5. The Morgan fingerprint density at radius 1 is 0.348 bits per heavy atom. The summed E-state index contributed by atoms with van der Waals surface area (Å²) in [7, 11) is 0. The van der Waals surface area contributed by atoms with Crippen LogP contribution in [0.5, 0.6) is 0 Å². The highest BCUT2D eigenvalue weighted by atomic mass is 16.6. The minimum atomic E-state index is -0.782. The molecule has 0 amide bonds. The van der Waals surface area contributed by atoms with E-state index in [1.807, 2.05) is 0 Å². The van der Waals surface area contributed by atoms with E-state index in [2.05, 4.69) is 123 Å². The SMILES string of the molecule is CC/C=C\C/C=C\C/C=C\C/C=C\C/C=C\CCCCCCCCCCCCCC(=O)OC(CO)COC(=O)CCCCCCCCCCCCCC/C=C\C/C=C\C/C=C\C/C=C\CC. The van der Waals surface area contributed by atoms with Crippen molar-refractivity contribution in [1.82, 2.24) is 0 Å². The molecule has 0 heterocycles. The Labute approximate surface area is 408 Å². The number of carbonyl (C=O) groups is 2. The molecule has 0 saturated carbocycles. The van der Waals surface area contributed by atoms with Crippen LogP contribution in [-0.2, 0) is 19.1 Å². The number of carbonyl (C=O) groups excluding carboxylic acids is 2. The average molecular weight is 915 g/mol. The van der Waals surface area contributed by atoms with Crippen LogP contribution in [0.3, 0.4) is 0 Å². The van der Waals surface area contributed by atoms with Gasteiger partial charge in [0.2, 0.25) is 0 Å². The molecule has 0 aliphatic rings. The second-order valence-corrected chi connectivity index (χ2v) is 17.9. The van der Waals surface area contributed by atoms with Crippen LogP contribution in [0.1, 0.15) is 245 Å². The normalized spacial score (nSPS) is 13.1. The van der Waals surface area contributed by atoms with Gasteiger partial charge in [-0.25, -0.2) is 0 Å². The number of unbranched alkanes of at least 4 members (excludes halogenated alkanes) is 23. The van der Waals surface area contributed by atoms with Crippen LogP contribution >= 0.6 is 0 Å². The number of rotatable bonds is 49. The third-order valence-corrected chi connectivity index (χ3v) is 11.6. The summed E-state index contributed by atoms with van der Waals surface area (Å²) in [6.45, 7) is 3.92. The molecule has 5 heteroatoms. The first-order chi connectivity index (χ1) is 32.6. The molecule has 0 bridgehead atoms. The first-order valence-electron chi connectivity index (χ1n) is 27.4. The standard InChI is InChI=1S/C61H102O5/c1-3-5-7-9-11-13-15-17-19-21-23-25-27-29-30-32-34-36-38-40-42-44-46-48-50-52-54-56-61(64)66-59(57-62)58-65-60(63)55-53-51-49-47-45-43-41-39-37-35-33-31-28-26-24-22-20-18-16-14-12-10-8-6-4-2/h5-8,11-14,17-20,23-26,29-30,59,62H,3-4,9-10,15-16,21-22,27-28,31-58H2,1-2H3/b7-5-,8-6-,13-11-,14-12-,19-17-,20-18-,25-23-,26-24-,30-29-. The molecule has 0 spiro atoms. The van der Waals surface area contributed by atoms with Crippen molar-refractivity contribution in [3.8, 4) is 0 Å². The summed E-state index contributed by atoms with van der Waals surface area (Å²) in [6, 6.07) is 0. The molecule has 0 aliphatic carbocycles. The number of esters is 2. The molecule has 0 aromatic carbocycles. The van der Waals surface area contributed by atoms with Gasteiger partial charge in [-0.05, 0) is 96.3 Å². The summed E-state index contributed by atoms with van der Waals surface area (Å²) in [5, 5.41) is 9.65. The second-order valence-electron chi connectivity index (χ2n) is 17.9. The van der Waals surface area contributed by atoms with Gasteiger partial charge in [-0.15, -0.1) is 0 Å². The summed E-state index contributed by atoms with van der Waals surface area (Å²) in [6.07, 6.45) is 80.5. The van der Waals surface area contributed by atoms with Crippen LogP contribution in [0.2, 0.25) is 0 Å². The zero-order valence-corrected chi connectivity index (χ0v) is 42.9. The van der Waals surface area contributed by atoms with Crippen molar-refractivity contribution >= 4 is 11.9 Å². The fourth-order valence-corrected chi connectivity index (χ4v) is 7.51. The van der Waals surface area contributed by atoms with Gasteiger partial charge in [-0.3, -0.25) is 9.59 Å². The number of aliphatic hydroxyl groups excluding tert-OH is 1. The summed E-state index contributed by atoms with van der Waals surface area (Å²) < 4.78 is 10.7. The number of hydrogen-bond donors (Lipinski definition) is 1. The third kappa shape index (κ3) is 53.2. The van der Waals surface area contributed by atoms with E-state index < -0.39 is 6.10 Å². The largest absolute Gasteiger partial charge is 0.462 e. The van der Waals surface area contributed by atoms with E-state index in [1.165, 1.54) is 122 Å². The molecule has 66 heavy (non-hydrogen) atoms. The van der Waals surface area contributed by atoms with Crippen molar-refractivity contribution < 1.29 is 24.2 Å². The maximum absolute atomic E-state index is 12.3. The summed E-state index contributed by atoms with van der Waals surface area (Å²) >= 11 is 0. The van der Waals surface area contributed by atoms with E-state index in [4.69, 9.17) is 9.47 Å². The number of ether oxygens (including phenoxy) is 2. The topological polar surface area (TPSA) is 72.8 Å². The average Bonchev–Trinajstić information content (AvgIpc) is 3.32. The molecule has 0 fully saturated rings. The highest BCUT2D eigenvalue weighted by molar-refractivity contribution is 5.70. The maximum Gasteiger partial charge on any atom is 0.306 e. The molecule has 1 unspecified atom stereocenters. The van der Waals surface area contributed by atoms with Crippen LogP contribution in [0, 0.1) is 0 Å². The summed E-state index contributed by atoms with van der Waals surface area (Å²) in [5.74, 6) is -0.597. The van der Waals surface area contributed by atoms with Crippen molar-refractivity contribution in [3.63, 3.8) is 0 Å². The Hall–Kier alpha value is -3.44. The predicted octanol–water partition coefficient (Wildman–Crippen LogP) is 18.5. The lowest BCUT2D eigenvalue weighted by Gasteiger charge is -2.15. The molecule has 5 nitrogen and oxygen atoms in total. The Balaban J connectivity index is 3.53. The van der Waals surface area contributed by atoms with Gasteiger partial charge in [-0.1, -0.05) is 245 Å². The minimum absolute atomic E-state index is 0.0728. The lowest BCUT2D eigenvalue weighted by molar-refractivity contribution is -0.161. The van der Waals surface area contributed by atoms with Gasteiger partial charge in [0.25, 0.3) is 0 Å². The van der Waals surface area contributed by atoms with Gasteiger partial charge in [-0.2, -0.15) is 0 Å². The van der Waals surface area contributed by atoms with Crippen molar-refractivity contribution in [2.24, 2.45) is 0 Å². The molecule has 0 aromatic rings. The van der Waals surface area contributed by atoms with Gasteiger partial charge in [0.15, 0.2) is 6.10 Å². The van der Waals surface area contributed by atoms with E-state index in [0.717, 1.165) is 96.3 Å². The van der Waals surface area contributed by atoms with Crippen molar-refractivity contribution in [1.29, 1.82) is 0 Å². The van der Waals surface area contributed by atoms with E-state index in [9.17, 15) is 14.7 Å². The van der Waals surface area contributed by atoms with E-state index in [1.54, 1.807) is 0 Å². The molecular weight excluding hydrogens is 813 g/mol. The lowest BCUT2D eigenvalue weighted by Crippen LogP contribution is -2.28. The first kappa shape index (κ1) is 62.6. The van der Waals surface area contributed by atoms with Crippen molar-refractivity contribution in [2.45, 2.75) is 251 Å². The second kappa shape index (κ2) is 55.9. The van der Waals surface area contributed by atoms with Crippen molar-refractivity contribution in [2.75, 3.05) is 13.2 Å². The monoisotopic (exact) mass is 915 g/mol. The molecule has 0 rings (SSSR count). The zero-order chi connectivity index (χ0) is 47.7. The Morgan fingerprint density at radius 2 is 0.606 bits per heavy atom. The predicted molar refractivity (Wildman–Crippen MR) is 288 cm³/mol. The Bertz CT molecular complexity index is 1310. The highest BCUT2D eigenvalue weighted by Gasteiger charge is 2.16. The molecule has 0 saturated heterocycles. The fourth-order valence-electron chi connectivity index (χ4n) is 7.51. The van der Waals surface area contributed by atoms with Gasteiger partial charge >= 0.3 is 11.9 Å². The van der Waals surface area contributed by atoms with Crippen LogP contribution in [0.15, 0.2) is 109 Å². The van der Waals surface area contributed by atoms with E-state index in [0.29, 0.717) is 12.8 Å². The fraction of sp³-hybridized carbons (Fsp3) is 0.672. The number of allylic oxidation sites excluding steroid dienone is 18. The first-order valence-corrected chi connectivity index (χ1v) is 27.4. The summed E-state index contributed by atoms with van der Waals surface area (Å²) in [5.41, 5.74) is 0. The third-order valence-electron chi connectivity index (χ3n) is 11.6. The molecule has 0 aliphatic heterocycles. The van der Waals surface area contributed by atoms with Crippen LogP contribution in [0.25, 0.3) is 0 Å². The molecule has 0 radical (unpaired) electrons. The lowest BCUT2D eigenvalue weighted by atomic mass is 10.0. The summed E-state index contributed by atoms with van der Waals surface area (Å²) in [4.78, 5) is 24.5. The van der Waals surface area contributed by atoms with Gasteiger partial charge in [0.1, 0.15) is 6.61 Å². The maximum atomic E-state index is 12.3. The van der Waals surface area contributed by atoms with E-state index >= 15 is 0 Å². The minimum Gasteiger partial charge on any atom is -0.462 e. The smallest absolute Gasteiger partial charge is 0.306 e. The zero-order valence-electron chi connectivity index (χ0n) is 42.9. The van der Waals surface area contributed by atoms with Crippen molar-refractivity contribution in [3.05, 3.63) is 109 Å². The molecule has 376 valence electrons.